The number of unbranched alkanes of at least 4 members (excludes halogenated alkanes) is 8. The molecule has 520 valence electrons. The first-order valence-corrected chi connectivity index (χ1v) is 33.4. The minimum absolute atomic E-state index is 0.0593. The highest BCUT2D eigenvalue weighted by Crippen LogP contribution is 2.37. The summed E-state index contributed by atoms with van der Waals surface area (Å²) in [5.74, 6) is -3.47. The number of ether oxygens (including phenoxy) is 2. The van der Waals surface area contributed by atoms with E-state index in [1.807, 2.05) is 35.2 Å². The number of imide groups is 4. The average molecular weight is 1360 g/mol. The van der Waals surface area contributed by atoms with Crippen LogP contribution in [0.5, 0.6) is 23.0 Å². The third-order valence-electron chi connectivity index (χ3n) is 17.8. The number of anilines is 4. The van der Waals surface area contributed by atoms with Crippen molar-refractivity contribution in [2.75, 3.05) is 86.8 Å². The van der Waals surface area contributed by atoms with Gasteiger partial charge in [-0.2, -0.15) is 0 Å². The van der Waals surface area contributed by atoms with Crippen LogP contribution >= 0.6 is 0 Å². The van der Waals surface area contributed by atoms with Crippen LogP contribution in [0.3, 0.4) is 0 Å². The zero-order chi connectivity index (χ0) is 70.1. The van der Waals surface area contributed by atoms with Crippen molar-refractivity contribution in [3.8, 4) is 45.5 Å². The summed E-state index contributed by atoms with van der Waals surface area (Å²) >= 11 is 0. The molecule has 6 aliphatic rings. The number of nitrogens with two attached hydrogens (primary N) is 2. The first-order valence-electron chi connectivity index (χ1n) is 33.4. The van der Waals surface area contributed by atoms with Gasteiger partial charge >= 0.3 is 5.97 Å². The molecule has 10 N–H and O–H groups in total. The molecular formula is C70H80N14O15. The Morgan fingerprint density at radius 3 is 1.34 bits per heavy atom. The van der Waals surface area contributed by atoms with E-state index in [1.54, 1.807) is 60.7 Å². The van der Waals surface area contributed by atoms with Crippen LogP contribution in [-0.4, -0.2) is 187 Å². The van der Waals surface area contributed by atoms with Crippen molar-refractivity contribution in [3.63, 3.8) is 0 Å². The van der Waals surface area contributed by atoms with Crippen LogP contribution in [0.2, 0.25) is 0 Å². The minimum atomic E-state index is -1.02. The van der Waals surface area contributed by atoms with Crippen molar-refractivity contribution < 1.29 is 72.7 Å². The number of para-hydroxylation sites is 2. The maximum atomic E-state index is 13.2. The van der Waals surface area contributed by atoms with E-state index in [-0.39, 0.29) is 71.8 Å². The molecule has 4 fully saturated rings. The van der Waals surface area contributed by atoms with Gasteiger partial charge in [-0.1, -0.05) is 74.9 Å². The highest BCUT2D eigenvalue weighted by Gasteiger charge is 2.48. The fourth-order valence-corrected chi connectivity index (χ4v) is 12.6. The molecule has 6 aromatic rings. The van der Waals surface area contributed by atoms with Crippen LogP contribution in [0.25, 0.3) is 22.5 Å². The molecule has 2 atom stereocenters. The summed E-state index contributed by atoms with van der Waals surface area (Å²) in [5, 5.41) is 52.8. The molecule has 29 heteroatoms. The SMILES string of the molecule is Nc1nnc(-c2ccccc2O)cc1N1CCN(C(=O)CCCCCCCOc2cccc3c2C(=O)N(C2CCC(=O)NC2=O)C3=O)CC1.Nc1nnc(-c2ccccc2O)cc1N1CCNCC1.O=C(O)CCCCCCCOc1cccc2c1C(=O)N(C1CCC(=O)NC1=O)C2=O. The lowest BCUT2D eigenvalue weighted by Crippen LogP contribution is -2.54. The largest absolute Gasteiger partial charge is 0.507 e. The van der Waals surface area contributed by atoms with Gasteiger partial charge in [0.25, 0.3) is 23.6 Å². The smallest absolute Gasteiger partial charge is 0.303 e. The number of carbonyl (C=O) groups excluding carboxylic acids is 9. The molecule has 12 rings (SSSR count). The number of aromatic hydroxyl groups is 2. The quantitative estimate of drug-likeness (QED) is 0.0269. The number of hydrogen-bond acceptors (Lipinski definition) is 23. The van der Waals surface area contributed by atoms with Gasteiger partial charge in [0.15, 0.2) is 11.6 Å². The van der Waals surface area contributed by atoms with Crippen LogP contribution in [0.15, 0.2) is 97.1 Å². The van der Waals surface area contributed by atoms with E-state index in [1.165, 1.54) is 6.07 Å². The predicted molar refractivity (Wildman–Crippen MR) is 361 cm³/mol. The van der Waals surface area contributed by atoms with Gasteiger partial charge in [-0.15, -0.1) is 20.4 Å². The van der Waals surface area contributed by atoms with Crippen molar-refractivity contribution >= 4 is 82.1 Å². The minimum Gasteiger partial charge on any atom is -0.507 e. The maximum absolute atomic E-state index is 13.2. The molecule has 2 unspecified atom stereocenters. The number of carbonyl (C=O) groups is 10. The van der Waals surface area contributed by atoms with E-state index in [9.17, 15) is 58.2 Å². The second-order valence-corrected chi connectivity index (χ2v) is 24.5. The van der Waals surface area contributed by atoms with E-state index in [4.69, 9.17) is 26.0 Å². The number of carboxylic acid groups (broad SMARTS) is 1. The number of nitrogens with one attached hydrogen (secondary N) is 3. The molecule has 0 spiro atoms. The Labute approximate surface area is 570 Å². The number of piperazine rings is 2. The first-order chi connectivity index (χ1) is 47.9. The van der Waals surface area contributed by atoms with Gasteiger partial charge in [0.05, 0.1) is 58.2 Å². The third-order valence-corrected chi connectivity index (χ3v) is 17.8. The molecule has 0 radical (unpaired) electrons. The lowest BCUT2D eigenvalue weighted by Gasteiger charge is -2.36. The molecule has 4 aromatic carbocycles. The van der Waals surface area contributed by atoms with Crippen LogP contribution in [0, 0.1) is 0 Å². The number of phenolic OH excluding ortho intramolecular Hbond substituents is 2. The predicted octanol–water partition coefficient (Wildman–Crippen LogP) is 5.63. The van der Waals surface area contributed by atoms with Gasteiger partial charge in [0, 0.05) is 89.2 Å². The van der Waals surface area contributed by atoms with Crippen LogP contribution in [0.4, 0.5) is 23.0 Å². The average Bonchev–Trinajstić information content (AvgIpc) is 1.61. The number of nitrogens with zero attached hydrogens (tertiary/aromatic N) is 9. The van der Waals surface area contributed by atoms with Gasteiger partial charge in [-0.25, -0.2) is 0 Å². The lowest BCUT2D eigenvalue weighted by atomic mass is 10.0. The molecule has 0 saturated carbocycles. The molecule has 4 saturated heterocycles. The Morgan fingerprint density at radius 2 is 0.899 bits per heavy atom. The molecule has 29 nitrogen and oxygen atoms in total. The third kappa shape index (κ3) is 17.2. The Balaban J connectivity index is 0.000000179. The Hall–Kier alpha value is -11.1. The summed E-state index contributed by atoms with van der Waals surface area (Å²) in [6.07, 6.45) is 9.16. The van der Waals surface area contributed by atoms with Gasteiger partial charge in [-0.05, 0) is 99.2 Å². The van der Waals surface area contributed by atoms with Gasteiger partial charge in [0.2, 0.25) is 29.5 Å². The van der Waals surface area contributed by atoms with Crippen molar-refractivity contribution in [1.82, 2.24) is 51.0 Å². The van der Waals surface area contributed by atoms with E-state index >= 15 is 0 Å². The molecule has 8 heterocycles. The summed E-state index contributed by atoms with van der Waals surface area (Å²) in [4.78, 5) is 131. The Bertz CT molecular complexity index is 4030. The summed E-state index contributed by atoms with van der Waals surface area (Å²) in [6.45, 7) is 6.70. The number of amides is 9. The highest BCUT2D eigenvalue weighted by molar-refractivity contribution is 6.25. The summed E-state index contributed by atoms with van der Waals surface area (Å²) in [5.41, 5.74) is 16.8. The van der Waals surface area contributed by atoms with E-state index < -0.39 is 65.3 Å². The van der Waals surface area contributed by atoms with Crippen molar-refractivity contribution in [3.05, 3.63) is 119 Å². The molecular weight excluding hydrogens is 1280 g/mol. The molecule has 6 aliphatic heterocycles. The lowest BCUT2D eigenvalue weighted by molar-refractivity contribution is -0.138. The van der Waals surface area contributed by atoms with Crippen LogP contribution in [-0.2, 0) is 28.8 Å². The standard InChI is InChI=1S/C35H39N7O7.C21H24N2O7.C14H17N5O/c36-32-26(21-24(38-39-32)22-9-5-6-11-27(22)43)40-16-18-41(19-17-40)30(45)13-4-2-1-3-7-20-49-28-12-8-10-23-31(28)35(48)42(34(23)47)25-14-15-29(44)37-33(25)46;24-16-11-10-14(19(27)22-16)23-20(28)13-7-6-8-15(18(13)21(23)29)30-12-5-3-1-2-4-9-17(25)26;15-14-12(19-7-5-16-6-8-19)9-11(17-18-14)10-3-1-2-4-13(10)20/h5-6,8-12,21,25,43H,1-4,7,13-20H2,(H2,36,39)(H,37,44,46);6-8,14H,1-5,9-12H2,(H,25,26)(H,22,24,27);1-4,9,16,20H,5-8H2,(H2,15,18). The molecule has 2 aromatic heterocycles. The van der Waals surface area contributed by atoms with Crippen LogP contribution < -0.4 is 46.7 Å². The molecule has 0 aliphatic carbocycles. The van der Waals surface area contributed by atoms with Crippen molar-refractivity contribution in [2.24, 2.45) is 0 Å². The number of nitrogen functional groups attached to an aromatic ring is 2. The van der Waals surface area contributed by atoms with Crippen LogP contribution in [0.1, 0.15) is 144 Å². The zero-order valence-electron chi connectivity index (χ0n) is 54.7. The number of rotatable bonds is 24. The number of phenols is 2. The fraction of sp³-hybridized carbons (Fsp3) is 0.400. The number of aromatic nitrogens is 4. The summed E-state index contributed by atoms with van der Waals surface area (Å²) < 4.78 is 11.7. The van der Waals surface area contributed by atoms with E-state index in [2.05, 4.69) is 46.1 Å². The normalized spacial score (nSPS) is 17.4. The first kappa shape index (κ1) is 70.7. The molecule has 9 amide bonds. The number of hydrogen-bond donors (Lipinski definition) is 8. The summed E-state index contributed by atoms with van der Waals surface area (Å²) in [6, 6.07) is 25.3. The Morgan fingerprint density at radius 1 is 0.485 bits per heavy atom. The monoisotopic (exact) mass is 1360 g/mol. The topological polar surface area (TPSA) is 406 Å². The number of fused-ring (bicyclic) bond motifs is 2. The van der Waals surface area contributed by atoms with Crippen molar-refractivity contribution in [1.29, 1.82) is 0 Å². The van der Waals surface area contributed by atoms with E-state index in [0.717, 1.165) is 105 Å². The second-order valence-electron chi connectivity index (χ2n) is 24.5. The summed E-state index contributed by atoms with van der Waals surface area (Å²) in [7, 11) is 0. The number of piperidine rings is 2. The zero-order valence-corrected chi connectivity index (χ0v) is 54.7. The number of aliphatic carboxylic acids is 1. The maximum Gasteiger partial charge on any atom is 0.303 e. The second kappa shape index (κ2) is 33.2. The number of carboxylic acids is 1. The Kier molecular flexibility index (Phi) is 23.7. The fourth-order valence-electron chi connectivity index (χ4n) is 12.6. The van der Waals surface area contributed by atoms with Gasteiger partial charge in [0.1, 0.15) is 35.1 Å². The number of benzene rings is 4. The van der Waals surface area contributed by atoms with Gasteiger partial charge in [-0.3, -0.25) is 68.4 Å². The molecule has 99 heavy (non-hydrogen) atoms. The molecule has 0 bridgehead atoms. The highest BCUT2D eigenvalue weighted by atomic mass is 16.5. The van der Waals surface area contributed by atoms with Gasteiger partial charge < -0.3 is 56.3 Å². The van der Waals surface area contributed by atoms with Crippen molar-refractivity contribution in [2.45, 2.75) is 115 Å². The van der Waals surface area contributed by atoms with E-state index in [0.29, 0.717) is 97.9 Å².